The van der Waals surface area contributed by atoms with Gasteiger partial charge >= 0.3 is 0 Å². The van der Waals surface area contributed by atoms with Crippen molar-refractivity contribution in [2.24, 2.45) is 5.73 Å². The molecule has 0 aromatic heterocycles. The molecule has 2 nitrogen and oxygen atoms in total. The molecule has 2 heteroatoms. The van der Waals surface area contributed by atoms with E-state index < -0.39 is 5.41 Å². The average Bonchev–Trinajstić information content (AvgIpc) is 3.65. The van der Waals surface area contributed by atoms with Crippen molar-refractivity contribution in [3.63, 3.8) is 0 Å². The summed E-state index contributed by atoms with van der Waals surface area (Å²) >= 11 is 0. The van der Waals surface area contributed by atoms with Gasteiger partial charge in [-0.3, -0.25) is 0 Å². The monoisotopic (exact) mass is 636 g/mol. The van der Waals surface area contributed by atoms with Gasteiger partial charge in [0.25, 0.3) is 0 Å². The van der Waals surface area contributed by atoms with Crippen molar-refractivity contribution < 1.29 is 0 Å². The number of nitrogens with one attached hydrogen (secondary N) is 1. The van der Waals surface area contributed by atoms with Crippen molar-refractivity contribution in [3.8, 4) is 33.4 Å². The topological polar surface area (TPSA) is 49.9 Å². The van der Waals surface area contributed by atoms with Gasteiger partial charge < -0.3 is 11.1 Å². The second-order valence-electron chi connectivity index (χ2n) is 13.4. The molecule has 2 aliphatic carbocycles. The van der Waals surface area contributed by atoms with Crippen molar-refractivity contribution in [3.05, 3.63) is 209 Å². The Balaban J connectivity index is 1.28. The zero-order valence-corrected chi connectivity index (χ0v) is 27.3. The summed E-state index contributed by atoms with van der Waals surface area (Å²) < 4.78 is 0. The number of benzene rings is 8. The Morgan fingerprint density at radius 2 is 1.06 bits per heavy atom. The second kappa shape index (κ2) is 10.7. The van der Waals surface area contributed by atoms with Crippen molar-refractivity contribution >= 4 is 33.0 Å². The maximum absolute atomic E-state index is 8.69. The van der Waals surface area contributed by atoms with Crippen LogP contribution in [0.4, 0.5) is 0 Å². The molecule has 0 saturated carbocycles. The molecule has 0 radical (unpaired) electrons. The molecular weight excluding hydrogens is 605 g/mol. The average molecular weight is 637 g/mol. The van der Waals surface area contributed by atoms with Crippen LogP contribution in [0.3, 0.4) is 0 Å². The van der Waals surface area contributed by atoms with E-state index in [0.717, 1.165) is 16.7 Å². The van der Waals surface area contributed by atoms with E-state index in [4.69, 9.17) is 11.1 Å². The lowest BCUT2D eigenvalue weighted by molar-refractivity contribution is 0.795. The first-order valence-electron chi connectivity index (χ1n) is 17.1. The minimum Gasteiger partial charge on any atom is -0.398 e. The fourth-order valence-corrected chi connectivity index (χ4v) is 8.80. The van der Waals surface area contributed by atoms with Crippen molar-refractivity contribution in [1.29, 1.82) is 5.41 Å². The predicted octanol–water partition coefficient (Wildman–Crippen LogP) is 11.4. The molecule has 50 heavy (non-hydrogen) atoms. The van der Waals surface area contributed by atoms with Crippen LogP contribution in [-0.2, 0) is 5.41 Å². The molecule has 0 saturated heterocycles. The Kier molecular flexibility index (Phi) is 6.13. The van der Waals surface area contributed by atoms with Crippen LogP contribution < -0.4 is 5.73 Å². The minimum atomic E-state index is -0.470. The van der Waals surface area contributed by atoms with Crippen LogP contribution in [0.2, 0.25) is 0 Å². The van der Waals surface area contributed by atoms with Crippen LogP contribution in [-0.4, -0.2) is 5.71 Å². The zero-order chi connectivity index (χ0) is 33.4. The molecule has 0 amide bonds. The molecule has 0 atom stereocenters. The van der Waals surface area contributed by atoms with Gasteiger partial charge in [-0.15, -0.1) is 0 Å². The summed E-state index contributed by atoms with van der Waals surface area (Å²) in [6.07, 6.45) is 1.76. The fourth-order valence-electron chi connectivity index (χ4n) is 8.80. The lowest BCUT2D eigenvalue weighted by atomic mass is 9.70. The summed E-state index contributed by atoms with van der Waals surface area (Å²) in [5.41, 5.74) is 21.8. The highest BCUT2D eigenvalue weighted by Gasteiger charge is 2.52. The van der Waals surface area contributed by atoms with Gasteiger partial charge in [-0.25, -0.2) is 0 Å². The van der Waals surface area contributed by atoms with E-state index >= 15 is 0 Å². The number of hydrogen-bond donors (Lipinski definition) is 2. The normalized spacial score (nSPS) is 13.6. The molecule has 0 unspecified atom stereocenters. The third-order valence-electron chi connectivity index (χ3n) is 10.9. The van der Waals surface area contributed by atoms with Gasteiger partial charge in [-0.1, -0.05) is 158 Å². The summed E-state index contributed by atoms with van der Waals surface area (Å²) in [5.74, 6) is 0. The molecule has 0 aliphatic heterocycles. The predicted molar refractivity (Wildman–Crippen MR) is 209 cm³/mol. The number of allylic oxidation sites excluding steroid dienone is 1. The zero-order valence-electron chi connectivity index (χ0n) is 27.3. The van der Waals surface area contributed by atoms with Crippen LogP contribution in [0.25, 0.3) is 60.6 Å². The van der Waals surface area contributed by atoms with Gasteiger partial charge in [0.05, 0.1) is 11.1 Å². The molecule has 10 rings (SSSR count). The van der Waals surface area contributed by atoms with Crippen LogP contribution in [0, 0.1) is 5.41 Å². The third-order valence-corrected chi connectivity index (χ3v) is 10.9. The first-order chi connectivity index (χ1) is 24.6. The summed E-state index contributed by atoms with van der Waals surface area (Å²) in [7, 11) is 0. The summed E-state index contributed by atoms with van der Waals surface area (Å²) in [5, 5.41) is 13.7. The van der Waals surface area contributed by atoms with Crippen molar-refractivity contribution in [1.82, 2.24) is 0 Å². The SMILES string of the molecule is N=C(/C=C(\N)c1cccc(-c2cc3c(c4ccccc24)-c2c(ccc4ccccc24)C32c3ccccc3-c3ccccc32)c1)c1ccccc1. The number of hydrogen-bond acceptors (Lipinski definition) is 2. The van der Waals surface area contributed by atoms with Gasteiger partial charge in [-0.05, 0) is 107 Å². The Labute approximate surface area is 291 Å². The highest BCUT2D eigenvalue weighted by molar-refractivity contribution is 6.16. The maximum atomic E-state index is 8.69. The Bertz CT molecular complexity index is 2690. The highest BCUT2D eigenvalue weighted by atomic mass is 14.6. The number of rotatable bonds is 4. The van der Waals surface area contributed by atoms with Crippen LogP contribution in [0.1, 0.15) is 33.4 Å². The van der Waals surface area contributed by atoms with E-state index in [1.54, 1.807) is 6.08 Å². The quantitative estimate of drug-likeness (QED) is 0.186. The van der Waals surface area contributed by atoms with E-state index in [-0.39, 0.29) is 0 Å². The Morgan fingerprint density at radius 3 is 1.82 bits per heavy atom. The summed E-state index contributed by atoms with van der Waals surface area (Å²) in [4.78, 5) is 0. The minimum absolute atomic E-state index is 0.391. The standard InChI is InChI=1S/C48H32N2/c49-44(31-14-2-1-3-15-31)29-45(50)33-17-12-16-32(27-33)39-28-43-47(38-22-7-6-19-35(38)39)46-34-18-5-4-13-30(34)25-26-42(46)48(43)40-23-10-8-20-36(40)37-21-9-11-24-41(37)48/h1-29,49H,50H2/b45-29-,49-44?. The van der Waals surface area contributed by atoms with Gasteiger partial charge in [0.15, 0.2) is 0 Å². The summed E-state index contributed by atoms with van der Waals surface area (Å²) in [6.45, 7) is 0. The molecule has 234 valence electrons. The number of fused-ring (bicyclic) bond motifs is 14. The lowest BCUT2D eigenvalue weighted by Gasteiger charge is -2.31. The first kappa shape index (κ1) is 28.5. The molecular formula is C48H32N2. The Hall–Kier alpha value is -6.51. The van der Waals surface area contributed by atoms with Crippen LogP contribution in [0.15, 0.2) is 176 Å². The third kappa shape index (κ3) is 3.88. The van der Waals surface area contributed by atoms with Gasteiger partial charge in [-0.2, -0.15) is 0 Å². The van der Waals surface area contributed by atoms with Crippen molar-refractivity contribution in [2.45, 2.75) is 5.41 Å². The van der Waals surface area contributed by atoms with Crippen molar-refractivity contribution in [2.75, 3.05) is 0 Å². The van der Waals surface area contributed by atoms with E-state index in [1.165, 1.54) is 71.6 Å². The molecule has 1 spiro atoms. The van der Waals surface area contributed by atoms with E-state index in [2.05, 4.69) is 133 Å². The Morgan fingerprint density at radius 1 is 0.460 bits per heavy atom. The van der Waals surface area contributed by atoms with E-state index in [9.17, 15) is 0 Å². The second-order valence-corrected chi connectivity index (χ2v) is 13.4. The van der Waals surface area contributed by atoms with Gasteiger partial charge in [0, 0.05) is 5.70 Å². The highest BCUT2D eigenvalue weighted by Crippen LogP contribution is 2.65. The first-order valence-corrected chi connectivity index (χ1v) is 17.1. The smallest absolute Gasteiger partial charge is 0.0726 e. The van der Waals surface area contributed by atoms with Gasteiger partial charge in [0.2, 0.25) is 0 Å². The maximum Gasteiger partial charge on any atom is 0.0726 e. The molecule has 8 aromatic rings. The molecule has 0 heterocycles. The molecule has 3 N–H and O–H groups in total. The number of nitrogens with two attached hydrogens (primary N) is 1. The largest absolute Gasteiger partial charge is 0.398 e. The van der Waals surface area contributed by atoms with Gasteiger partial charge in [0.1, 0.15) is 0 Å². The molecule has 0 fully saturated rings. The lowest BCUT2D eigenvalue weighted by Crippen LogP contribution is -2.26. The van der Waals surface area contributed by atoms with E-state index in [0.29, 0.717) is 11.4 Å². The molecule has 0 bridgehead atoms. The van der Waals surface area contributed by atoms with E-state index in [1.807, 2.05) is 36.4 Å². The fraction of sp³-hybridized carbons (Fsp3) is 0.0208. The van der Waals surface area contributed by atoms with Crippen LogP contribution >= 0.6 is 0 Å². The summed E-state index contributed by atoms with van der Waals surface area (Å²) in [6, 6.07) is 61.1. The molecule has 2 aliphatic rings. The van der Waals surface area contributed by atoms with Crippen LogP contribution in [0.5, 0.6) is 0 Å². The molecule has 8 aromatic carbocycles.